The van der Waals surface area contributed by atoms with Crippen LogP contribution in [-0.2, 0) is 18.5 Å². The number of hydrogen-bond donors (Lipinski definition) is 0. The van der Waals surface area contributed by atoms with E-state index in [9.17, 15) is 0 Å². The maximum absolute atomic E-state index is 5.19. The maximum atomic E-state index is 5.19. The standard InChI is InChI=1S/C9H13N3O/c1-12-9(5-6-10-12)7-13-11-8-3-2-4-8/h5-6H,2-4,7H2,1H3. The first-order valence-electron chi connectivity index (χ1n) is 4.51. The summed E-state index contributed by atoms with van der Waals surface area (Å²) in [5.41, 5.74) is 2.23. The minimum Gasteiger partial charge on any atom is -0.389 e. The maximum Gasteiger partial charge on any atom is 0.158 e. The molecule has 0 N–H and O–H groups in total. The molecule has 0 amide bonds. The molecule has 1 aromatic heterocycles. The molecule has 0 aromatic carbocycles. The second-order valence-corrected chi connectivity index (χ2v) is 3.23. The zero-order valence-electron chi connectivity index (χ0n) is 7.73. The third-order valence-electron chi connectivity index (χ3n) is 2.26. The Kier molecular flexibility index (Phi) is 2.29. The van der Waals surface area contributed by atoms with Crippen molar-refractivity contribution in [2.24, 2.45) is 12.2 Å². The van der Waals surface area contributed by atoms with Crippen molar-refractivity contribution in [3.8, 4) is 0 Å². The molecule has 0 aliphatic heterocycles. The van der Waals surface area contributed by atoms with Gasteiger partial charge in [-0.1, -0.05) is 5.16 Å². The second kappa shape index (κ2) is 3.60. The van der Waals surface area contributed by atoms with Gasteiger partial charge in [0.2, 0.25) is 0 Å². The molecule has 1 heterocycles. The van der Waals surface area contributed by atoms with Crippen molar-refractivity contribution in [1.29, 1.82) is 0 Å². The van der Waals surface area contributed by atoms with Crippen molar-refractivity contribution in [1.82, 2.24) is 9.78 Å². The van der Waals surface area contributed by atoms with Crippen LogP contribution >= 0.6 is 0 Å². The molecule has 1 aromatic rings. The molecule has 0 spiro atoms. The molecule has 0 saturated heterocycles. The lowest BCUT2D eigenvalue weighted by molar-refractivity contribution is 0.122. The summed E-state index contributed by atoms with van der Waals surface area (Å²) in [5, 5.41) is 8.06. The molecule has 1 saturated carbocycles. The van der Waals surface area contributed by atoms with Crippen LogP contribution in [0.1, 0.15) is 25.0 Å². The van der Waals surface area contributed by atoms with Crippen molar-refractivity contribution in [2.75, 3.05) is 0 Å². The van der Waals surface area contributed by atoms with Crippen molar-refractivity contribution >= 4 is 5.71 Å². The van der Waals surface area contributed by atoms with Crippen molar-refractivity contribution < 1.29 is 4.84 Å². The van der Waals surface area contributed by atoms with Gasteiger partial charge >= 0.3 is 0 Å². The minimum absolute atomic E-state index is 0.514. The molecule has 0 radical (unpaired) electrons. The van der Waals surface area contributed by atoms with E-state index in [4.69, 9.17) is 4.84 Å². The Morgan fingerprint density at radius 3 is 3.00 bits per heavy atom. The van der Waals surface area contributed by atoms with E-state index in [1.54, 1.807) is 10.9 Å². The molecule has 2 rings (SSSR count). The molecular formula is C9H13N3O. The molecule has 1 fully saturated rings. The van der Waals surface area contributed by atoms with Crippen LogP contribution in [0.2, 0.25) is 0 Å². The van der Waals surface area contributed by atoms with Crippen LogP contribution in [0.4, 0.5) is 0 Å². The zero-order valence-corrected chi connectivity index (χ0v) is 7.73. The predicted molar refractivity (Wildman–Crippen MR) is 49.3 cm³/mol. The SMILES string of the molecule is Cn1nccc1CON=C1CCC1. The number of rotatable bonds is 3. The molecule has 4 nitrogen and oxygen atoms in total. The van der Waals surface area contributed by atoms with E-state index in [1.165, 1.54) is 12.1 Å². The van der Waals surface area contributed by atoms with E-state index in [2.05, 4.69) is 10.3 Å². The van der Waals surface area contributed by atoms with Crippen LogP contribution in [0.15, 0.2) is 17.4 Å². The van der Waals surface area contributed by atoms with Gasteiger partial charge in [0.15, 0.2) is 6.61 Å². The van der Waals surface area contributed by atoms with E-state index < -0.39 is 0 Å². The van der Waals surface area contributed by atoms with Gasteiger partial charge in [-0.15, -0.1) is 0 Å². The summed E-state index contributed by atoms with van der Waals surface area (Å²) in [6.07, 6.45) is 5.22. The summed E-state index contributed by atoms with van der Waals surface area (Å²) in [5.74, 6) is 0. The largest absolute Gasteiger partial charge is 0.389 e. The Labute approximate surface area is 77.2 Å². The summed E-state index contributed by atoms with van der Waals surface area (Å²) in [6, 6.07) is 1.93. The first-order valence-corrected chi connectivity index (χ1v) is 4.51. The van der Waals surface area contributed by atoms with Crippen LogP contribution in [0.5, 0.6) is 0 Å². The number of nitrogens with zero attached hydrogens (tertiary/aromatic N) is 3. The average Bonchev–Trinajstić information content (AvgIpc) is 2.42. The summed E-state index contributed by atoms with van der Waals surface area (Å²) in [4.78, 5) is 5.19. The molecule has 4 heteroatoms. The highest BCUT2D eigenvalue weighted by Gasteiger charge is 2.10. The van der Waals surface area contributed by atoms with E-state index in [0.29, 0.717) is 6.61 Å². The molecule has 0 unspecified atom stereocenters. The lowest BCUT2D eigenvalue weighted by atomic mass is 9.98. The Morgan fingerprint density at radius 2 is 2.46 bits per heavy atom. The molecule has 0 atom stereocenters. The second-order valence-electron chi connectivity index (χ2n) is 3.23. The van der Waals surface area contributed by atoms with Gasteiger partial charge in [-0.05, 0) is 25.3 Å². The lowest BCUT2D eigenvalue weighted by Crippen LogP contribution is -2.10. The van der Waals surface area contributed by atoms with Crippen LogP contribution in [0.25, 0.3) is 0 Å². The normalized spacial score (nSPS) is 15.3. The van der Waals surface area contributed by atoms with Gasteiger partial charge in [-0.2, -0.15) is 5.10 Å². The fourth-order valence-corrected chi connectivity index (χ4v) is 1.16. The highest BCUT2D eigenvalue weighted by molar-refractivity contribution is 5.88. The van der Waals surface area contributed by atoms with E-state index in [-0.39, 0.29) is 0 Å². The van der Waals surface area contributed by atoms with Crippen LogP contribution in [-0.4, -0.2) is 15.5 Å². The van der Waals surface area contributed by atoms with Crippen molar-refractivity contribution in [3.05, 3.63) is 18.0 Å². The van der Waals surface area contributed by atoms with Crippen LogP contribution < -0.4 is 0 Å². The molecule has 0 bridgehead atoms. The Bertz CT molecular complexity index is 310. The third-order valence-corrected chi connectivity index (χ3v) is 2.26. The first kappa shape index (κ1) is 8.29. The average molecular weight is 179 g/mol. The highest BCUT2D eigenvalue weighted by Crippen LogP contribution is 2.14. The quantitative estimate of drug-likeness (QED) is 0.659. The molecule has 13 heavy (non-hydrogen) atoms. The number of oxime groups is 1. The van der Waals surface area contributed by atoms with Crippen LogP contribution in [0.3, 0.4) is 0 Å². The number of aromatic nitrogens is 2. The molecule has 1 aliphatic carbocycles. The fourth-order valence-electron chi connectivity index (χ4n) is 1.16. The van der Waals surface area contributed by atoms with Gasteiger partial charge in [0.25, 0.3) is 0 Å². The topological polar surface area (TPSA) is 39.4 Å². The summed E-state index contributed by atoms with van der Waals surface area (Å²) in [6.45, 7) is 0.514. The third kappa shape index (κ3) is 1.88. The van der Waals surface area contributed by atoms with Crippen LogP contribution in [0, 0.1) is 0 Å². The van der Waals surface area contributed by atoms with Crippen molar-refractivity contribution in [3.63, 3.8) is 0 Å². The fraction of sp³-hybridized carbons (Fsp3) is 0.556. The highest BCUT2D eigenvalue weighted by atomic mass is 16.6. The number of aryl methyl sites for hydroxylation is 1. The summed E-state index contributed by atoms with van der Waals surface area (Å²) in [7, 11) is 1.90. The molecule has 70 valence electrons. The van der Waals surface area contributed by atoms with E-state index in [0.717, 1.165) is 18.5 Å². The summed E-state index contributed by atoms with van der Waals surface area (Å²) >= 11 is 0. The van der Waals surface area contributed by atoms with Gasteiger partial charge in [0.05, 0.1) is 11.4 Å². The van der Waals surface area contributed by atoms with E-state index in [1.807, 2.05) is 13.1 Å². The predicted octanol–water partition coefficient (Wildman–Crippen LogP) is 1.48. The van der Waals surface area contributed by atoms with Gasteiger partial charge in [-0.3, -0.25) is 4.68 Å². The molecule has 1 aliphatic rings. The zero-order chi connectivity index (χ0) is 9.10. The van der Waals surface area contributed by atoms with E-state index >= 15 is 0 Å². The van der Waals surface area contributed by atoms with Gasteiger partial charge in [0, 0.05) is 13.2 Å². The Balaban J connectivity index is 1.82. The Hall–Kier alpha value is -1.32. The summed E-state index contributed by atoms with van der Waals surface area (Å²) < 4.78 is 1.79. The first-order chi connectivity index (χ1) is 6.36. The molecular weight excluding hydrogens is 166 g/mol. The lowest BCUT2D eigenvalue weighted by Gasteiger charge is -2.13. The smallest absolute Gasteiger partial charge is 0.158 e. The minimum atomic E-state index is 0.514. The Morgan fingerprint density at radius 1 is 1.62 bits per heavy atom. The van der Waals surface area contributed by atoms with Gasteiger partial charge in [-0.25, -0.2) is 0 Å². The van der Waals surface area contributed by atoms with Gasteiger partial charge < -0.3 is 4.84 Å². The monoisotopic (exact) mass is 179 g/mol. The van der Waals surface area contributed by atoms with Crippen molar-refractivity contribution in [2.45, 2.75) is 25.9 Å². The number of hydrogen-bond acceptors (Lipinski definition) is 3. The van der Waals surface area contributed by atoms with Gasteiger partial charge in [0.1, 0.15) is 0 Å².